The van der Waals surface area contributed by atoms with Crippen LogP contribution in [-0.2, 0) is 9.47 Å². The summed E-state index contributed by atoms with van der Waals surface area (Å²) in [5.74, 6) is 1.98. The molecule has 1 aliphatic carbocycles. The molecule has 0 radical (unpaired) electrons. The van der Waals surface area contributed by atoms with Crippen LogP contribution in [0.25, 0.3) is 0 Å². The summed E-state index contributed by atoms with van der Waals surface area (Å²) in [7, 11) is 0. The SMILES string of the molecule is CCCCCCCCCCCCCCCCCCC1CC1CCOC1CCCCO1. The molecule has 2 nitrogen and oxygen atoms in total. The molecule has 178 valence electrons. The highest BCUT2D eigenvalue weighted by molar-refractivity contribution is 4.85. The molecule has 3 unspecified atom stereocenters. The molecule has 1 saturated carbocycles. The largest absolute Gasteiger partial charge is 0.353 e. The molecule has 1 saturated heterocycles. The van der Waals surface area contributed by atoms with E-state index in [1.807, 2.05) is 0 Å². The van der Waals surface area contributed by atoms with Crippen molar-refractivity contribution in [2.75, 3.05) is 13.2 Å². The van der Waals surface area contributed by atoms with Crippen LogP contribution in [0, 0.1) is 11.8 Å². The first-order valence-corrected chi connectivity index (χ1v) is 14.1. The summed E-state index contributed by atoms with van der Waals surface area (Å²) in [5.41, 5.74) is 0. The zero-order valence-corrected chi connectivity index (χ0v) is 20.5. The summed E-state index contributed by atoms with van der Waals surface area (Å²) in [4.78, 5) is 0. The third-order valence-corrected chi connectivity index (χ3v) is 7.43. The second kappa shape index (κ2) is 18.5. The predicted molar refractivity (Wildman–Crippen MR) is 130 cm³/mol. The van der Waals surface area contributed by atoms with Gasteiger partial charge in [-0.3, -0.25) is 0 Å². The van der Waals surface area contributed by atoms with E-state index in [4.69, 9.17) is 9.47 Å². The molecule has 0 aromatic carbocycles. The van der Waals surface area contributed by atoms with E-state index in [1.54, 1.807) is 0 Å². The van der Waals surface area contributed by atoms with Crippen LogP contribution in [0.15, 0.2) is 0 Å². The van der Waals surface area contributed by atoms with Crippen molar-refractivity contribution in [3.8, 4) is 0 Å². The number of unbranched alkanes of at least 4 members (excludes halogenated alkanes) is 15. The van der Waals surface area contributed by atoms with Crippen molar-refractivity contribution >= 4 is 0 Å². The molecular weight excluding hydrogens is 368 g/mol. The third-order valence-electron chi connectivity index (χ3n) is 7.43. The van der Waals surface area contributed by atoms with Crippen molar-refractivity contribution in [3.63, 3.8) is 0 Å². The van der Waals surface area contributed by atoms with E-state index in [9.17, 15) is 0 Å². The third kappa shape index (κ3) is 14.1. The second-order valence-corrected chi connectivity index (χ2v) is 10.3. The van der Waals surface area contributed by atoms with Gasteiger partial charge in [-0.05, 0) is 43.9 Å². The molecule has 0 spiro atoms. The van der Waals surface area contributed by atoms with Gasteiger partial charge in [0.05, 0.1) is 6.61 Å². The molecule has 1 heterocycles. The van der Waals surface area contributed by atoms with Gasteiger partial charge >= 0.3 is 0 Å². The minimum atomic E-state index is 0.108. The minimum Gasteiger partial charge on any atom is -0.353 e. The fourth-order valence-electron chi connectivity index (χ4n) is 5.17. The number of rotatable bonds is 21. The second-order valence-electron chi connectivity index (χ2n) is 10.3. The first-order chi connectivity index (χ1) is 14.9. The molecule has 0 amide bonds. The number of hydrogen-bond donors (Lipinski definition) is 0. The maximum atomic E-state index is 5.89. The summed E-state index contributed by atoms with van der Waals surface area (Å²) in [6.07, 6.45) is 31.4. The summed E-state index contributed by atoms with van der Waals surface area (Å²) >= 11 is 0. The highest BCUT2D eigenvalue weighted by atomic mass is 16.7. The molecular formula is C28H54O2. The van der Waals surface area contributed by atoms with Gasteiger partial charge in [-0.2, -0.15) is 0 Å². The van der Waals surface area contributed by atoms with Gasteiger partial charge < -0.3 is 9.47 Å². The van der Waals surface area contributed by atoms with Crippen LogP contribution in [0.1, 0.15) is 148 Å². The molecule has 0 bridgehead atoms. The fraction of sp³-hybridized carbons (Fsp3) is 1.00. The van der Waals surface area contributed by atoms with Gasteiger partial charge in [0, 0.05) is 6.61 Å². The Hall–Kier alpha value is -0.0800. The average Bonchev–Trinajstić information content (AvgIpc) is 3.52. The highest BCUT2D eigenvalue weighted by Gasteiger charge is 2.35. The molecule has 1 aliphatic heterocycles. The summed E-state index contributed by atoms with van der Waals surface area (Å²) in [6, 6.07) is 0. The molecule has 3 atom stereocenters. The Labute approximate surface area is 189 Å². The van der Waals surface area contributed by atoms with Gasteiger partial charge in [0.1, 0.15) is 0 Å². The predicted octanol–water partition coefficient (Wildman–Crippen LogP) is 9.21. The van der Waals surface area contributed by atoms with E-state index >= 15 is 0 Å². The van der Waals surface area contributed by atoms with Gasteiger partial charge in [-0.25, -0.2) is 0 Å². The van der Waals surface area contributed by atoms with Crippen molar-refractivity contribution in [2.24, 2.45) is 11.8 Å². The van der Waals surface area contributed by atoms with E-state index in [0.717, 1.165) is 31.5 Å². The molecule has 2 heteroatoms. The average molecular weight is 423 g/mol. The Morgan fingerprint density at radius 1 is 0.633 bits per heavy atom. The lowest BCUT2D eigenvalue weighted by molar-refractivity contribution is -0.163. The van der Waals surface area contributed by atoms with Crippen LogP contribution in [0.4, 0.5) is 0 Å². The van der Waals surface area contributed by atoms with Gasteiger partial charge in [0.2, 0.25) is 0 Å². The fourth-order valence-corrected chi connectivity index (χ4v) is 5.17. The van der Waals surface area contributed by atoms with Crippen molar-refractivity contribution in [1.82, 2.24) is 0 Å². The lowest BCUT2D eigenvalue weighted by atomic mass is 10.0. The zero-order chi connectivity index (χ0) is 21.1. The zero-order valence-electron chi connectivity index (χ0n) is 20.5. The topological polar surface area (TPSA) is 18.5 Å². The highest BCUT2D eigenvalue weighted by Crippen LogP contribution is 2.44. The van der Waals surface area contributed by atoms with E-state index in [1.165, 1.54) is 135 Å². The van der Waals surface area contributed by atoms with E-state index in [0.29, 0.717) is 0 Å². The van der Waals surface area contributed by atoms with Crippen molar-refractivity contribution < 1.29 is 9.47 Å². The van der Waals surface area contributed by atoms with Crippen LogP contribution in [0.3, 0.4) is 0 Å². The van der Waals surface area contributed by atoms with Crippen LogP contribution >= 0.6 is 0 Å². The number of ether oxygens (including phenoxy) is 2. The molecule has 0 aromatic heterocycles. The summed E-state index contributed by atoms with van der Waals surface area (Å²) < 4.78 is 11.5. The maximum absolute atomic E-state index is 5.89. The van der Waals surface area contributed by atoms with Gasteiger partial charge in [0.15, 0.2) is 6.29 Å². The Bertz CT molecular complexity index is 364. The summed E-state index contributed by atoms with van der Waals surface area (Å²) in [5, 5.41) is 0. The molecule has 0 N–H and O–H groups in total. The first-order valence-electron chi connectivity index (χ1n) is 14.1. The molecule has 0 aromatic rings. The molecule has 2 fully saturated rings. The Kier molecular flexibility index (Phi) is 16.1. The lowest BCUT2D eigenvalue weighted by Crippen LogP contribution is -2.22. The Balaban J connectivity index is 1.22. The van der Waals surface area contributed by atoms with E-state index in [2.05, 4.69) is 6.92 Å². The standard InChI is InChI=1S/C28H54O2/c1-2-3-4-5-6-7-8-9-10-11-12-13-14-15-16-17-20-26-25-27(26)22-24-30-28-21-18-19-23-29-28/h26-28H,2-25H2,1H3. The molecule has 2 aliphatic rings. The minimum absolute atomic E-state index is 0.108. The summed E-state index contributed by atoms with van der Waals surface area (Å²) in [6.45, 7) is 4.12. The van der Waals surface area contributed by atoms with Crippen molar-refractivity contribution in [1.29, 1.82) is 0 Å². The quantitative estimate of drug-likeness (QED) is 0.172. The van der Waals surface area contributed by atoms with Crippen LogP contribution in [0.5, 0.6) is 0 Å². The van der Waals surface area contributed by atoms with Gasteiger partial charge in [-0.1, -0.05) is 116 Å². The monoisotopic (exact) mass is 422 g/mol. The van der Waals surface area contributed by atoms with Crippen molar-refractivity contribution in [2.45, 2.75) is 154 Å². The molecule has 2 rings (SSSR count). The van der Waals surface area contributed by atoms with E-state index < -0.39 is 0 Å². The lowest BCUT2D eigenvalue weighted by Gasteiger charge is -2.22. The van der Waals surface area contributed by atoms with Crippen LogP contribution < -0.4 is 0 Å². The Morgan fingerprint density at radius 2 is 1.17 bits per heavy atom. The van der Waals surface area contributed by atoms with Crippen LogP contribution in [-0.4, -0.2) is 19.5 Å². The maximum Gasteiger partial charge on any atom is 0.157 e. The van der Waals surface area contributed by atoms with Crippen molar-refractivity contribution in [3.05, 3.63) is 0 Å². The van der Waals surface area contributed by atoms with Gasteiger partial charge in [-0.15, -0.1) is 0 Å². The van der Waals surface area contributed by atoms with Crippen LogP contribution in [0.2, 0.25) is 0 Å². The van der Waals surface area contributed by atoms with E-state index in [-0.39, 0.29) is 6.29 Å². The smallest absolute Gasteiger partial charge is 0.157 e. The first kappa shape index (κ1) is 26.2. The number of hydrogen-bond acceptors (Lipinski definition) is 2. The van der Waals surface area contributed by atoms with Gasteiger partial charge in [0.25, 0.3) is 0 Å². The normalized spacial score (nSPS) is 23.7. The Morgan fingerprint density at radius 3 is 1.70 bits per heavy atom. The molecule has 30 heavy (non-hydrogen) atoms.